The summed E-state index contributed by atoms with van der Waals surface area (Å²) in [6.45, 7) is 0.0736. The van der Waals surface area contributed by atoms with E-state index in [4.69, 9.17) is 9.47 Å². The number of carbonyl (C=O) groups excluding carboxylic acids is 1. The second-order valence-corrected chi connectivity index (χ2v) is 6.01. The molecular weight excluding hydrogens is 350 g/mol. The van der Waals surface area contributed by atoms with Crippen LogP contribution in [0.1, 0.15) is 29.9 Å². The molecule has 1 unspecified atom stereocenters. The molecule has 2 rings (SSSR count). The predicted octanol–water partition coefficient (Wildman–Crippen LogP) is 3.59. The number of hydrogen-bond acceptors (Lipinski definition) is 6. The number of hydrogen-bond donors (Lipinski definition) is 0. The van der Waals surface area contributed by atoms with E-state index in [0.29, 0.717) is 24.5 Å². The summed E-state index contributed by atoms with van der Waals surface area (Å²) in [6, 6.07) is 14.9. The first-order chi connectivity index (χ1) is 13.0. The third-order valence-corrected chi connectivity index (χ3v) is 4.19. The van der Waals surface area contributed by atoms with E-state index < -0.39 is 11.9 Å². The van der Waals surface area contributed by atoms with Gasteiger partial charge in [0.25, 0.3) is 0 Å². The molecule has 0 heterocycles. The molecule has 0 fully saturated rings. The van der Waals surface area contributed by atoms with Crippen molar-refractivity contribution in [1.29, 1.82) is 0 Å². The lowest BCUT2D eigenvalue weighted by atomic mass is 9.94. The Balaban J connectivity index is 2.20. The molecule has 0 saturated carbocycles. The van der Waals surface area contributed by atoms with E-state index in [9.17, 15) is 14.9 Å². The zero-order chi connectivity index (χ0) is 19.6. The van der Waals surface area contributed by atoms with Crippen LogP contribution in [0.3, 0.4) is 0 Å². The second kappa shape index (κ2) is 10.2. The maximum absolute atomic E-state index is 11.4. The van der Waals surface area contributed by atoms with Crippen molar-refractivity contribution >= 4 is 5.97 Å². The molecule has 1 atom stereocenters. The summed E-state index contributed by atoms with van der Waals surface area (Å²) in [6.07, 6.45) is 0.430. The topological polar surface area (TPSA) is 87.9 Å². The molecule has 7 heteroatoms. The molecule has 0 amide bonds. The SMILES string of the molecule is COC(=O)CCC(C[N+](=O)[O-])c1ccc(OC)c(OCc2ccccc2)c1. The number of rotatable bonds is 10. The zero-order valence-corrected chi connectivity index (χ0v) is 15.4. The lowest BCUT2D eigenvalue weighted by Crippen LogP contribution is -2.15. The summed E-state index contributed by atoms with van der Waals surface area (Å²) in [5, 5.41) is 11.0. The molecule has 0 aromatic heterocycles. The highest BCUT2D eigenvalue weighted by atomic mass is 16.6. The smallest absolute Gasteiger partial charge is 0.305 e. The molecule has 0 aliphatic carbocycles. The van der Waals surface area contributed by atoms with Gasteiger partial charge in [-0.2, -0.15) is 0 Å². The van der Waals surface area contributed by atoms with Crippen molar-refractivity contribution in [2.45, 2.75) is 25.4 Å². The van der Waals surface area contributed by atoms with E-state index in [-0.39, 0.29) is 17.9 Å². The highest BCUT2D eigenvalue weighted by Crippen LogP contribution is 2.33. The van der Waals surface area contributed by atoms with Crippen LogP contribution in [0.4, 0.5) is 0 Å². The van der Waals surface area contributed by atoms with Crippen LogP contribution >= 0.6 is 0 Å². The highest BCUT2D eigenvalue weighted by Gasteiger charge is 2.21. The average molecular weight is 373 g/mol. The van der Waals surface area contributed by atoms with Gasteiger partial charge in [-0.15, -0.1) is 0 Å². The zero-order valence-electron chi connectivity index (χ0n) is 15.4. The minimum atomic E-state index is -0.427. The molecule has 7 nitrogen and oxygen atoms in total. The molecule has 0 N–H and O–H groups in total. The standard InChI is InChI=1S/C20H23NO6/c1-25-18-10-8-16(17(13-21(23)24)9-11-20(22)26-2)12-19(18)27-14-15-6-4-3-5-7-15/h3-8,10,12,17H,9,11,13-14H2,1-2H3. The molecule has 0 saturated heterocycles. The molecular formula is C20H23NO6. The highest BCUT2D eigenvalue weighted by molar-refractivity contribution is 5.69. The largest absolute Gasteiger partial charge is 0.493 e. The van der Waals surface area contributed by atoms with Gasteiger partial charge in [0.2, 0.25) is 6.54 Å². The van der Waals surface area contributed by atoms with Gasteiger partial charge in [-0.25, -0.2) is 0 Å². The first kappa shape index (κ1) is 20.2. The Bertz CT molecular complexity index is 762. The Morgan fingerprint density at radius 3 is 2.48 bits per heavy atom. The van der Waals surface area contributed by atoms with E-state index >= 15 is 0 Å². The van der Waals surface area contributed by atoms with Gasteiger partial charge >= 0.3 is 5.97 Å². The van der Waals surface area contributed by atoms with Crippen molar-refractivity contribution in [1.82, 2.24) is 0 Å². The van der Waals surface area contributed by atoms with Gasteiger partial charge in [-0.05, 0) is 29.7 Å². The van der Waals surface area contributed by atoms with Crippen molar-refractivity contribution < 1.29 is 23.9 Å². The third-order valence-electron chi connectivity index (χ3n) is 4.19. The van der Waals surface area contributed by atoms with Crippen LogP contribution in [-0.4, -0.2) is 31.7 Å². The fourth-order valence-corrected chi connectivity index (χ4v) is 2.73. The van der Waals surface area contributed by atoms with E-state index in [1.165, 1.54) is 14.2 Å². The van der Waals surface area contributed by atoms with Crippen molar-refractivity contribution in [2.24, 2.45) is 0 Å². The van der Waals surface area contributed by atoms with Crippen LogP contribution in [0.15, 0.2) is 48.5 Å². The van der Waals surface area contributed by atoms with Crippen molar-refractivity contribution in [3.05, 3.63) is 69.8 Å². The second-order valence-electron chi connectivity index (χ2n) is 6.01. The fourth-order valence-electron chi connectivity index (χ4n) is 2.73. The van der Waals surface area contributed by atoms with E-state index in [1.807, 2.05) is 30.3 Å². The van der Waals surface area contributed by atoms with E-state index in [2.05, 4.69) is 4.74 Å². The summed E-state index contributed by atoms with van der Waals surface area (Å²) in [5.74, 6) is 0.231. The lowest BCUT2D eigenvalue weighted by Gasteiger charge is -2.16. The van der Waals surface area contributed by atoms with E-state index in [0.717, 1.165) is 11.1 Å². The molecule has 144 valence electrons. The fraction of sp³-hybridized carbons (Fsp3) is 0.350. The minimum absolute atomic E-state index is 0.112. The van der Waals surface area contributed by atoms with Crippen LogP contribution < -0.4 is 9.47 Å². The first-order valence-electron chi connectivity index (χ1n) is 8.56. The molecule has 0 spiro atoms. The number of nitro groups is 1. The normalized spacial score (nSPS) is 11.5. The van der Waals surface area contributed by atoms with Crippen molar-refractivity contribution in [3.8, 4) is 11.5 Å². The molecule has 0 aliphatic heterocycles. The number of benzene rings is 2. The number of carbonyl (C=O) groups is 1. The minimum Gasteiger partial charge on any atom is -0.493 e. The Kier molecular flexibility index (Phi) is 7.61. The van der Waals surface area contributed by atoms with Gasteiger partial charge in [-0.3, -0.25) is 14.9 Å². The summed E-state index contributed by atoms with van der Waals surface area (Å²) < 4.78 is 15.8. The van der Waals surface area contributed by atoms with Gasteiger partial charge in [0, 0.05) is 17.3 Å². The summed E-state index contributed by atoms with van der Waals surface area (Å²) in [5.41, 5.74) is 1.72. The molecule has 2 aromatic carbocycles. The number of methoxy groups -OCH3 is 2. The average Bonchev–Trinajstić information content (AvgIpc) is 2.69. The molecule has 0 radical (unpaired) electrons. The quantitative estimate of drug-likeness (QED) is 0.359. The first-order valence-corrected chi connectivity index (χ1v) is 8.56. The summed E-state index contributed by atoms with van der Waals surface area (Å²) in [7, 11) is 2.84. The molecule has 2 aromatic rings. The number of nitrogens with zero attached hydrogens (tertiary/aromatic N) is 1. The molecule has 0 aliphatic rings. The van der Waals surface area contributed by atoms with E-state index in [1.54, 1.807) is 18.2 Å². The maximum Gasteiger partial charge on any atom is 0.305 e. The number of esters is 1. The number of ether oxygens (including phenoxy) is 3. The van der Waals surface area contributed by atoms with Crippen LogP contribution in [0, 0.1) is 10.1 Å². The Morgan fingerprint density at radius 1 is 1.11 bits per heavy atom. The lowest BCUT2D eigenvalue weighted by molar-refractivity contribution is -0.483. The van der Waals surface area contributed by atoms with Gasteiger partial charge in [0.15, 0.2) is 11.5 Å². The molecule has 0 bridgehead atoms. The van der Waals surface area contributed by atoms with Crippen molar-refractivity contribution in [2.75, 3.05) is 20.8 Å². The van der Waals surface area contributed by atoms with Gasteiger partial charge < -0.3 is 14.2 Å². The monoisotopic (exact) mass is 373 g/mol. The van der Waals surface area contributed by atoms with Crippen molar-refractivity contribution in [3.63, 3.8) is 0 Å². The van der Waals surface area contributed by atoms with Crippen LogP contribution in [0.5, 0.6) is 11.5 Å². The maximum atomic E-state index is 11.4. The Hall–Kier alpha value is -3.09. The predicted molar refractivity (Wildman–Crippen MR) is 99.6 cm³/mol. The third kappa shape index (κ3) is 6.29. The van der Waals surface area contributed by atoms with Crippen LogP contribution in [0.25, 0.3) is 0 Å². The summed E-state index contributed by atoms with van der Waals surface area (Å²) >= 11 is 0. The Morgan fingerprint density at radius 2 is 1.85 bits per heavy atom. The van der Waals surface area contributed by atoms with Gasteiger partial charge in [0.1, 0.15) is 6.61 Å². The van der Waals surface area contributed by atoms with Gasteiger partial charge in [0.05, 0.1) is 14.2 Å². The summed E-state index contributed by atoms with van der Waals surface area (Å²) in [4.78, 5) is 22.1. The van der Waals surface area contributed by atoms with Crippen LogP contribution in [-0.2, 0) is 16.1 Å². The van der Waals surface area contributed by atoms with Crippen LogP contribution in [0.2, 0.25) is 0 Å². The Labute approximate surface area is 158 Å². The molecule has 27 heavy (non-hydrogen) atoms. The van der Waals surface area contributed by atoms with Gasteiger partial charge in [-0.1, -0.05) is 36.4 Å².